The molecule has 0 aromatic carbocycles. The number of hydrogen-bond acceptors (Lipinski definition) is 10. The van der Waals surface area contributed by atoms with E-state index in [-0.39, 0.29) is 18.5 Å². The third kappa shape index (κ3) is 3.16. The van der Waals surface area contributed by atoms with Crippen molar-refractivity contribution < 1.29 is 28.6 Å². The minimum atomic E-state index is -2.04. The summed E-state index contributed by atoms with van der Waals surface area (Å²) in [7, 11) is -0.715. The Bertz CT molecular complexity index is 533. The Morgan fingerprint density at radius 1 is 1.65 bits per heavy atom. The molecule has 0 bridgehead atoms. The fourth-order valence-electron chi connectivity index (χ4n) is 2.73. The highest BCUT2D eigenvalue weighted by atomic mass is 31.2. The van der Waals surface area contributed by atoms with E-state index in [1.54, 1.807) is 4.90 Å². The van der Waals surface area contributed by atoms with Gasteiger partial charge in [0.2, 0.25) is 0 Å². The third-order valence-electron chi connectivity index (χ3n) is 3.81. The number of ether oxygens (including phenoxy) is 1. The van der Waals surface area contributed by atoms with Gasteiger partial charge in [-0.05, 0) is 0 Å². The highest BCUT2D eigenvalue weighted by Crippen LogP contribution is 2.39. The average Bonchev–Trinajstić information content (AvgIpc) is 3.10. The van der Waals surface area contributed by atoms with Gasteiger partial charge < -0.3 is 34.4 Å². The molecule has 12 heteroatoms. The summed E-state index contributed by atoms with van der Waals surface area (Å²) in [5.41, 5.74) is 5.59. The molecule has 6 atom stereocenters. The van der Waals surface area contributed by atoms with Crippen molar-refractivity contribution in [3.05, 3.63) is 0 Å². The lowest BCUT2D eigenvalue weighted by Gasteiger charge is -2.31. The first-order chi connectivity index (χ1) is 11.0. The largest absolute Gasteiger partial charge is 0.394 e. The summed E-state index contributed by atoms with van der Waals surface area (Å²) in [6.07, 6.45) is -0.453. The summed E-state index contributed by atoms with van der Waals surface area (Å²) in [6, 6.07) is -0.688. The lowest BCUT2D eigenvalue weighted by Crippen LogP contribution is -2.55. The van der Waals surface area contributed by atoms with Gasteiger partial charge >= 0.3 is 8.60 Å². The molecular weight excluding hydrogens is 329 g/mol. The molecule has 0 radical (unpaired) electrons. The van der Waals surface area contributed by atoms with Gasteiger partial charge in [0.05, 0.1) is 19.0 Å². The number of nitrogens with zero attached hydrogens (tertiary/aromatic N) is 3. The first-order valence-corrected chi connectivity index (χ1v) is 8.07. The van der Waals surface area contributed by atoms with E-state index in [9.17, 15) is 14.8 Å². The van der Waals surface area contributed by atoms with Crippen LogP contribution in [0.2, 0.25) is 0 Å². The van der Waals surface area contributed by atoms with Crippen LogP contribution in [-0.2, 0) is 18.6 Å². The first-order valence-electron chi connectivity index (χ1n) is 6.94. The second-order valence-electron chi connectivity index (χ2n) is 5.19. The van der Waals surface area contributed by atoms with E-state index in [0.717, 1.165) is 0 Å². The summed E-state index contributed by atoms with van der Waals surface area (Å²) < 4.78 is 15.8. The third-order valence-corrected chi connectivity index (χ3v) is 4.58. The predicted molar refractivity (Wildman–Crippen MR) is 79.1 cm³/mol. The number of amides is 1. The van der Waals surface area contributed by atoms with Crippen molar-refractivity contribution in [2.45, 2.75) is 37.1 Å². The molecule has 3 aliphatic heterocycles. The van der Waals surface area contributed by atoms with E-state index in [1.165, 1.54) is 13.4 Å². The average molecular weight is 347 g/mol. The zero-order valence-corrected chi connectivity index (χ0v) is 13.2. The number of carbonyl (C=O) groups is 1. The van der Waals surface area contributed by atoms with Crippen LogP contribution < -0.4 is 11.1 Å². The Hall–Kier alpha value is -1.36. The second kappa shape index (κ2) is 6.63. The van der Waals surface area contributed by atoms with Crippen LogP contribution >= 0.6 is 8.60 Å². The number of nitrogens with one attached hydrogen (secondary N) is 1. The van der Waals surface area contributed by atoms with Gasteiger partial charge in [0.25, 0.3) is 5.91 Å². The van der Waals surface area contributed by atoms with Crippen molar-refractivity contribution in [1.29, 1.82) is 0 Å². The number of hydrogen-bond donors (Lipinski definition) is 4. The van der Waals surface area contributed by atoms with Crippen LogP contribution in [0.1, 0.15) is 6.42 Å². The first kappa shape index (κ1) is 16.5. The van der Waals surface area contributed by atoms with Gasteiger partial charge in [0, 0.05) is 13.5 Å². The monoisotopic (exact) mass is 347 g/mol. The number of aliphatic hydroxyl groups is 1. The number of aliphatic hydroxyl groups excluding tert-OH is 1. The fourth-order valence-corrected chi connectivity index (χ4v) is 3.27. The predicted octanol–water partition coefficient (Wildman–Crippen LogP) is -2.17. The van der Waals surface area contributed by atoms with Crippen molar-refractivity contribution in [2.75, 3.05) is 13.7 Å². The summed E-state index contributed by atoms with van der Waals surface area (Å²) in [5, 5.41) is 11.8. The molecule has 0 saturated carbocycles. The molecule has 11 nitrogen and oxygen atoms in total. The highest BCUT2D eigenvalue weighted by Gasteiger charge is 2.47. The molecule has 1 fully saturated rings. The maximum absolute atomic E-state index is 11.9. The smallest absolute Gasteiger partial charge is 0.329 e. The van der Waals surface area contributed by atoms with Gasteiger partial charge in [-0.3, -0.25) is 15.1 Å². The normalized spacial score (nSPS) is 37.5. The van der Waals surface area contributed by atoms with Crippen molar-refractivity contribution in [2.24, 2.45) is 15.7 Å². The van der Waals surface area contributed by atoms with Crippen LogP contribution in [0.15, 0.2) is 9.98 Å². The van der Waals surface area contributed by atoms with E-state index in [0.29, 0.717) is 6.42 Å². The molecule has 3 heterocycles. The summed E-state index contributed by atoms with van der Waals surface area (Å²) in [5.74, 6) is -0.307. The number of guanidine groups is 1. The molecule has 0 spiro atoms. The van der Waals surface area contributed by atoms with Crippen LogP contribution in [0, 0.1) is 0 Å². The standard InChI is InChI=1S/C11H18N5O6P/c1-20-23(19)22-5-2-7(21-6(5)3-17)16-4-13-8-9(16)14-11(12)15-10(8)18/h4-9,17,19H,2-3H2,1H3,(H3,12,14,15,18)/t5-,6-,7-,8?,9?,23?/m1/s1. The fraction of sp³-hybridized carbons (Fsp3) is 0.727. The zero-order chi connectivity index (χ0) is 16.6. The number of nitrogens with two attached hydrogens (primary N) is 1. The van der Waals surface area contributed by atoms with Crippen LogP contribution in [-0.4, -0.2) is 77.5 Å². The Kier molecular flexibility index (Phi) is 4.76. The molecule has 1 amide bonds. The van der Waals surface area contributed by atoms with Gasteiger partial charge in [-0.15, -0.1) is 0 Å². The molecule has 0 aliphatic carbocycles. The maximum Gasteiger partial charge on any atom is 0.329 e. The minimum Gasteiger partial charge on any atom is -0.394 e. The lowest BCUT2D eigenvalue weighted by atomic mass is 10.1. The molecule has 0 aromatic heterocycles. The summed E-state index contributed by atoms with van der Waals surface area (Å²) in [6.45, 7) is -0.279. The molecule has 23 heavy (non-hydrogen) atoms. The van der Waals surface area contributed by atoms with Crippen molar-refractivity contribution in [3.63, 3.8) is 0 Å². The van der Waals surface area contributed by atoms with Gasteiger partial charge in [0.15, 0.2) is 18.2 Å². The summed E-state index contributed by atoms with van der Waals surface area (Å²) >= 11 is 0. The zero-order valence-electron chi connectivity index (χ0n) is 12.3. The second-order valence-corrected chi connectivity index (χ2v) is 6.24. The van der Waals surface area contributed by atoms with Gasteiger partial charge in [0.1, 0.15) is 12.3 Å². The Balaban J connectivity index is 1.71. The Morgan fingerprint density at radius 3 is 3.13 bits per heavy atom. The van der Waals surface area contributed by atoms with Crippen LogP contribution in [0.3, 0.4) is 0 Å². The molecular formula is C11H18N5O6P. The number of rotatable bonds is 5. The molecule has 5 N–H and O–H groups in total. The Labute approximate surface area is 133 Å². The summed E-state index contributed by atoms with van der Waals surface area (Å²) in [4.78, 5) is 31.3. The van der Waals surface area contributed by atoms with Crippen LogP contribution in [0.25, 0.3) is 0 Å². The van der Waals surface area contributed by atoms with Crippen molar-refractivity contribution in [3.8, 4) is 0 Å². The van der Waals surface area contributed by atoms with Gasteiger partial charge in [-0.2, -0.15) is 0 Å². The number of fused-ring (bicyclic) bond motifs is 1. The van der Waals surface area contributed by atoms with Crippen molar-refractivity contribution >= 4 is 26.8 Å². The van der Waals surface area contributed by atoms with E-state index in [4.69, 9.17) is 19.5 Å². The number of carbonyl (C=O) groups excluding carboxylic acids is 1. The molecule has 128 valence electrons. The number of aliphatic imine (C=N–C) groups is 2. The van der Waals surface area contributed by atoms with Crippen LogP contribution in [0.5, 0.6) is 0 Å². The SMILES string of the molecule is COP(O)O[C@@H]1C[C@H](N2C=NC3C(=O)NC(N)=NC32)O[C@@H]1CO. The quantitative estimate of drug-likeness (QED) is 0.410. The maximum atomic E-state index is 11.9. The van der Waals surface area contributed by atoms with E-state index < -0.39 is 39.2 Å². The lowest BCUT2D eigenvalue weighted by molar-refractivity contribution is -0.123. The highest BCUT2D eigenvalue weighted by molar-refractivity contribution is 7.40. The van der Waals surface area contributed by atoms with E-state index in [2.05, 4.69) is 15.3 Å². The van der Waals surface area contributed by atoms with Gasteiger partial charge in [-0.25, -0.2) is 4.99 Å². The molecule has 3 aliphatic rings. The molecule has 3 unspecified atom stereocenters. The van der Waals surface area contributed by atoms with E-state index >= 15 is 0 Å². The Morgan fingerprint density at radius 2 is 2.43 bits per heavy atom. The van der Waals surface area contributed by atoms with E-state index in [1.807, 2.05) is 0 Å². The van der Waals surface area contributed by atoms with Crippen LogP contribution in [0.4, 0.5) is 0 Å². The molecule has 1 saturated heterocycles. The van der Waals surface area contributed by atoms with Crippen molar-refractivity contribution in [1.82, 2.24) is 10.2 Å². The minimum absolute atomic E-state index is 0.0227. The molecule has 0 aromatic rings. The van der Waals surface area contributed by atoms with Gasteiger partial charge in [-0.1, -0.05) is 0 Å². The molecule has 3 rings (SSSR count). The topological polar surface area (TPSA) is 151 Å².